The van der Waals surface area contributed by atoms with Crippen molar-refractivity contribution in [3.63, 3.8) is 0 Å². The number of rotatable bonds is 4. The standard InChI is InChI=1S/C14H14ClNO2/c1-17-13-5-3-2-4-10(13)9-18-14-7-6-11(16)8-12(14)15/h2-8H,9,16H2,1H3. The lowest BCUT2D eigenvalue weighted by molar-refractivity contribution is 0.297. The summed E-state index contributed by atoms with van der Waals surface area (Å²) in [5.41, 5.74) is 7.20. The van der Waals surface area contributed by atoms with Crippen molar-refractivity contribution in [2.45, 2.75) is 6.61 Å². The number of nitrogens with two attached hydrogens (primary N) is 1. The monoisotopic (exact) mass is 263 g/mol. The fraction of sp³-hybridized carbons (Fsp3) is 0.143. The smallest absolute Gasteiger partial charge is 0.138 e. The molecule has 3 nitrogen and oxygen atoms in total. The van der Waals surface area contributed by atoms with Gasteiger partial charge in [0.1, 0.15) is 18.1 Å². The van der Waals surface area contributed by atoms with Gasteiger partial charge >= 0.3 is 0 Å². The van der Waals surface area contributed by atoms with Crippen molar-refractivity contribution < 1.29 is 9.47 Å². The molecule has 94 valence electrons. The molecule has 0 heterocycles. The molecule has 2 rings (SSSR count). The Hall–Kier alpha value is -1.87. The van der Waals surface area contributed by atoms with Crippen LogP contribution in [0.1, 0.15) is 5.56 Å². The lowest BCUT2D eigenvalue weighted by Gasteiger charge is -2.11. The number of hydrogen-bond donors (Lipinski definition) is 1. The second-order valence-corrected chi connectivity index (χ2v) is 4.20. The summed E-state index contributed by atoms with van der Waals surface area (Å²) in [6, 6.07) is 12.9. The average Bonchev–Trinajstić information content (AvgIpc) is 2.38. The Morgan fingerprint density at radius 2 is 1.89 bits per heavy atom. The molecule has 0 bridgehead atoms. The first kappa shape index (κ1) is 12.6. The molecule has 0 aliphatic heterocycles. The molecule has 0 aliphatic carbocycles. The van der Waals surface area contributed by atoms with E-state index in [-0.39, 0.29) is 0 Å². The molecule has 0 spiro atoms. The summed E-state index contributed by atoms with van der Waals surface area (Å²) in [7, 11) is 1.63. The van der Waals surface area contributed by atoms with Crippen molar-refractivity contribution in [2.24, 2.45) is 0 Å². The van der Waals surface area contributed by atoms with E-state index in [1.807, 2.05) is 24.3 Å². The predicted octanol–water partition coefficient (Wildman–Crippen LogP) is 3.51. The lowest BCUT2D eigenvalue weighted by Crippen LogP contribution is -1.99. The van der Waals surface area contributed by atoms with E-state index >= 15 is 0 Å². The zero-order valence-electron chi connectivity index (χ0n) is 10.0. The summed E-state index contributed by atoms with van der Waals surface area (Å²) < 4.78 is 10.9. The van der Waals surface area contributed by atoms with Crippen LogP contribution in [0.5, 0.6) is 11.5 Å². The number of anilines is 1. The van der Waals surface area contributed by atoms with E-state index < -0.39 is 0 Å². The van der Waals surface area contributed by atoms with Crippen LogP contribution in [0.25, 0.3) is 0 Å². The van der Waals surface area contributed by atoms with E-state index in [4.69, 9.17) is 26.8 Å². The fourth-order valence-electron chi connectivity index (χ4n) is 1.61. The second-order valence-electron chi connectivity index (χ2n) is 3.79. The van der Waals surface area contributed by atoms with Gasteiger partial charge in [-0.3, -0.25) is 0 Å². The SMILES string of the molecule is COc1ccccc1COc1ccc(N)cc1Cl. The van der Waals surface area contributed by atoms with Crippen molar-refractivity contribution >= 4 is 17.3 Å². The van der Waals surface area contributed by atoms with Crippen molar-refractivity contribution in [2.75, 3.05) is 12.8 Å². The maximum atomic E-state index is 6.03. The molecule has 0 radical (unpaired) electrons. The molecule has 2 aromatic carbocycles. The number of benzene rings is 2. The van der Waals surface area contributed by atoms with Crippen LogP contribution >= 0.6 is 11.6 Å². The molecule has 2 aromatic rings. The van der Waals surface area contributed by atoms with Gasteiger partial charge in [0.15, 0.2) is 0 Å². The third kappa shape index (κ3) is 2.87. The molecule has 2 N–H and O–H groups in total. The van der Waals surface area contributed by atoms with Crippen LogP contribution in [0.2, 0.25) is 5.02 Å². The van der Waals surface area contributed by atoms with E-state index in [1.54, 1.807) is 25.3 Å². The summed E-state index contributed by atoms with van der Waals surface area (Å²) in [6.07, 6.45) is 0. The molecular weight excluding hydrogens is 250 g/mol. The molecular formula is C14H14ClNO2. The average molecular weight is 264 g/mol. The third-order valence-electron chi connectivity index (χ3n) is 2.53. The van der Waals surface area contributed by atoms with Gasteiger partial charge in [-0.25, -0.2) is 0 Å². The van der Waals surface area contributed by atoms with Crippen LogP contribution in [-0.2, 0) is 6.61 Å². The number of methoxy groups -OCH3 is 1. The Morgan fingerprint density at radius 1 is 1.11 bits per heavy atom. The third-order valence-corrected chi connectivity index (χ3v) is 2.83. The number of nitrogen functional groups attached to an aromatic ring is 1. The lowest BCUT2D eigenvalue weighted by atomic mass is 10.2. The minimum atomic E-state index is 0.396. The zero-order chi connectivity index (χ0) is 13.0. The number of halogens is 1. The summed E-state index contributed by atoms with van der Waals surface area (Å²) in [6.45, 7) is 0.396. The van der Waals surface area contributed by atoms with Gasteiger partial charge in [-0.05, 0) is 24.3 Å². The van der Waals surface area contributed by atoms with Crippen LogP contribution in [0, 0.1) is 0 Å². The van der Waals surface area contributed by atoms with Crippen molar-refractivity contribution in [1.82, 2.24) is 0 Å². The first-order chi connectivity index (χ1) is 8.70. The van der Waals surface area contributed by atoms with Crippen LogP contribution in [-0.4, -0.2) is 7.11 Å². The molecule has 0 fully saturated rings. The Morgan fingerprint density at radius 3 is 2.61 bits per heavy atom. The highest BCUT2D eigenvalue weighted by Gasteiger charge is 2.05. The minimum absolute atomic E-state index is 0.396. The zero-order valence-corrected chi connectivity index (χ0v) is 10.8. The first-order valence-corrected chi connectivity index (χ1v) is 5.88. The van der Waals surface area contributed by atoms with E-state index in [1.165, 1.54) is 0 Å². The highest BCUT2D eigenvalue weighted by Crippen LogP contribution is 2.28. The van der Waals surface area contributed by atoms with Crippen molar-refractivity contribution in [3.05, 3.63) is 53.1 Å². The summed E-state index contributed by atoms with van der Waals surface area (Å²) in [4.78, 5) is 0. The molecule has 0 aromatic heterocycles. The quantitative estimate of drug-likeness (QED) is 0.859. The molecule has 0 aliphatic rings. The maximum Gasteiger partial charge on any atom is 0.138 e. The molecule has 0 atom stereocenters. The van der Waals surface area contributed by atoms with Crippen LogP contribution in [0.4, 0.5) is 5.69 Å². The highest BCUT2D eigenvalue weighted by atomic mass is 35.5. The Balaban J connectivity index is 2.11. The Bertz CT molecular complexity index is 543. The number of ether oxygens (including phenoxy) is 2. The normalized spacial score (nSPS) is 10.1. The minimum Gasteiger partial charge on any atom is -0.496 e. The predicted molar refractivity (Wildman–Crippen MR) is 73.2 cm³/mol. The van der Waals surface area contributed by atoms with Gasteiger partial charge in [0.25, 0.3) is 0 Å². The van der Waals surface area contributed by atoms with Gasteiger partial charge in [0.2, 0.25) is 0 Å². The van der Waals surface area contributed by atoms with Crippen LogP contribution in [0.3, 0.4) is 0 Å². The van der Waals surface area contributed by atoms with Gasteiger partial charge in [0.05, 0.1) is 12.1 Å². The molecule has 4 heteroatoms. The van der Waals surface area contributed by atoms with E-state index in [0.717, 1.165) is 11.3 Å². The van der Waals surface area contributed by atoms with E-state index in [9.17, 15) is 0 Å². The molecule has 18 heavy (non-hydrogen) atoms. The molecule has 0 saturated carbocycles. The Labute approximate surface area is 111 Å². The summed E-state index contributed by atoms with van der Waals surface area (Å²) in [5.74, 6) is 1.40. The van der Waals surface area contributed by atoms with Crippen LogP contribution in [0.15, 0.2) is 42.5 Å². The fourth-order valence-corrected chi connectivity index (χ4v) is 1.86. The maximum absolute atomic E-state index is 6.03. The first-order valence-electron chi connectivity index (χ1n) is 5.50. The molecule has 0 unspecified atom stereocenters. The van der Waals surface area contributed by atoms with Crippen molar-refractivity contribution in [3.8, 4) is 11.5 Å². The topological polar surface area (TPSA) is 44.5 Å². The molecule has 0 amide bonds. The van der Waals surface area contributed by atoms with E-state index in [0.29, 0.717) is 23.1 Å². The second kappa shape index (κ2) is 5.65. The number of hydrogen-bond acceptors (Lipinski definition) is 3. The Kier molecular flexibility index (Phi) is 3.95. The van der Waals surface area contributed by atoms with Gasteiger partial charge in [-0.15, -0.1) is 0 Å². The highest BCUT2D eigenvalue weighted by molar-refractivity contribution is 6.32. The number of para-hydroxylation sites is 1. The molecule has 0 saturated heterocycles. The van der Waals surface area contributed by atoms with E-state index in [2.05, 4.69) is 0 Å². The van der Waals surface area contributed by atoms with Gasteiger partial charge in [-0.2, -0.15) is 0 Å². The van der Waals surface area contributed by atoms with Gasteiger partial charge in [0, 0.05) is 11.3 Å². The summed E-state index contributed by atoms with van der Waals surface area (Å²) >= 11 is 6.03. The largest absolute Gasteiger partial charge is 0.496 e. The van der Waals surface area contributed by atoms with Gasteiger partial charge in [-0.1, -0.05) is 29.8 Å². The van der Waals surface area contributed by atoms with Gasteiger partial charge < -0.3 is 15.2 Å². The summed E-state index contributed by atoms with van der Waals surface area (Å²) in [5, 5.41) is 0.505. The van der Waals surface area contributed by atoms with Crippen LogP contribution < -0.4 is 15.2 Å². The van der Waals surface area contributed by atoms with Crippen molar-refractivity contribution in [1.29, 1.82) is 0 Å².